The van der Waals surface area contributed by atoms with Crippen molar-refractivity contribution in [3.05, 3.63) is 52.6 Å². The number of benzene rings is 2. The number of methoxy groups -OCH3 is 1. The van der Waals surface area contributed by atoms with Crippen molar-refractivity contribution in [1.29, 1.82) is 5.26 Å². The Kier molecular flexibility index (Phi) is 5.56. The zero-order chi connectivity index (χ0) is 18.5. The van der Waals surface area contributed by atoms with Gasteiger partial charge in [-0.05, 0) is 24.3 Å². The summed E-state index contributed by atoms with van der Waals surface area (Å²) in [5.74, 6) is 0.542. The molecule has 0 aliphatic rings. The maximum Gasteiger partial charge on any atom is 0.144 e. The summed E-state index contributed by atoms with van der Waals surface area (Å²) in [5, 5.41) is 13.5. The summed E-state index contributed by atoms with van der Waals surface area (Å²) < 4.78 is 11.6. The first-order valence-corrected chi connectivity index (χ1v) is 8.68. The third-order valence-corrected chi connectivity index (χ3v) is 4.25. The number of aromatic nitrogens is 1. The van der Waals surface area contributed by atoms with Crippen LogP contribution in [0.3, 0.4) is 0 Å². The number of nitrogens with one attached hydrogen (secondary N) is 1. The van der Waals surface area contributed by atoms with Gasteiger partial charge in [0.2, 0.25) is 0 Å². The van der Waals surface area contributed by atoms with Crippen molar-refractivity contribution in [1.82, 2.24) is 4.98 Å². The van der Waals surface area contributed by atoms with E-state index in [1.807, 2.05) is 24.3 Å². The van der Waals surface area contributed by atoms with E-state index in [-0.39, 0.29) is 0 Å². The molecular weight excluding hydrogens is 396 g/mol. The van der Waals surface area contributed by atoms with Gasteiger partial charge in [-0.2, -0.15) is 5.26 Å². The van der Waals surface area contributed by atoms with Crippen LogP contribution >= 0.6 is 15.9 Å². The van der Waals surface area contributed by atoms with Crippen molar-refractivity contribution < 1.29 is 9.47 Å². The number of nitrogens with zero attached hydrogens (tertiary/aromatic N) is 2. The second kappa shape index (κ2) is 8.04. The molecule has 1 aromatic heterocycles. The van der Waals surface area contributed by atoms with Gasteiger partial charge in [-0.25, -0.2) is 0 Å². The second-order valence-corrected chi connectivity index (χ2v) is 6.46. The maximum absolute atomic E-state index is 9.47. The van der Waals surface area contributed by atoms with Crippen molar-refractivity contribution in [3.63, 3.8) is 0 Å². The summed E-state index contributed by atoms with van der Waals surface area (Å²) in [6.45, 7) is 0.861. The molecular formula is C19H17BrN4O2. The normalized spacial score (nSPS) is 10.5. The molecule has 2 aromatic carbocycles. The molecule has 0 saturated heterocycles. The first-order chi connectivity index (χ1) is 12.6. The van der Waals surface area contributed by atoms with Crippen molar-refractivity contribution in [2.45, 2.75) is 0 Å². The molecule has 132 valence electrons. The smallest absolute Gasteiger partial charge is 0.144 e. The van der Waals surface area contributed by atoms with Crippen LogP contribution in [0, 0.1) is 11.3 Å². The van der Waals surface area contributed by atoms with Gasteiger partial charge in [-0.1, -0.05) is 22.0 Å². The largest absolute Gasteiger partial charge is 0.489 e. The number of anilines is 3. The van der Waals surface area contributed by atoms with E-state index in [4.69, 9.17) is 15.2 Å². The summed E-state index contributed by atoms with van der Waals surface area (Å²) in [7, 11) is 1.61. The fourth-order valence-corrected chi connectivity index (χ4v) is 2.93. The summed E-state index contributed by atoms with van der Waals surface area (Å²) in [6.07, 6.45) is 1.54. The molecule has 3 N–H and O–H groups in total. The molecule has 3 aromatic rings. The number of pyridine rings is 1. The summed E-state index contributed by atoms with van der Waals surface area (Å²) in [5.41, 5.74) is 9.24. The Bertz CT molecular complexity index is 985. The van der Waals surface area contributed by atoms with Gasteiger partial charge in [0.25, 0.3) is 0 Å². The molecule has 0 unspecified atom stereocenters. The topological polar surface area (TPSA) is 93.2 Å². The van der Waals surface area contributed by atoms with E-state index < -0.39 is 0 Å². The molecule has 0 aliphatic carbocycles. The molecule has 0 spiro atoms. The highest BCUT2D eigenvalue weighted by atomic mass is 79.9. The predicted octanol–water partition coefficient (Wildman–Crippen LogP) is 4.22. The van der Waals surface area contributed by atoms with Crippen LogP contribution in [0.5, 0.6) is 5.75 Å². The lowest BCUT2D eigenvalue weighted by molar-refractivity contribution is 0.147. The minimum atomic E-state index is 0.394. The SMILES string of the molecule is COCCOc1cc2ncc(C#N)c(Nc3cccc(Br)c3)c2cc1N. The lowest BCUT2D eigenvalue weighted by atomic mass is 10.1. The van der Waals surface area contributed by atoms with Crippen LogP contribution in [0.25, 0.3) is 10.9 Å². The molecule has 0 aliphatic heterocycles. The number of hydrogen-bond acceptors (Lipinski definition) is 6. The average molecular weight is 413 g/mol. The zero-order valence-electron chi connectivity index (χ0n) is 14.1. The van der Waals surface area contributed by atoms with E-state index in [0.29, 0.717) is 41.4 Å². The lowest BCUT2D eigenvalue weighted by Gasteiger charge is -2.14. The molecule has 0 radical (unpaired) electrons. The molecule has 0 saturated carbocycles. The first kappa shape index (κ1) is 18.0. The molecule has 7 heteroatoms. The first-order valence-electron chi connectivity index (χ1n) is 7.89. The molecule has 0 amide bonds. The summed E-state index contributed by atoms with van der Waals surface area (Å²) >= 11 is 3.45. The van der Waals surface area contributed by atoms with E-state index in [0.717, 1.165) is 15.5 Å². The summed E-state index contributed by atoms with van der Waals surface area (Å²) in [4.78, 5) is 4.36. The third-order valence-electron chi connectivity index (χ3n) is 3.76. The van der Waals surface area contributed by atoms with E-state index in [9.17, 15) is 5.26 Å². The molecule has 0 atom stereocenters. The number of nitrogens with two attached hydrogens (primary N) is 1. The Morgan fingerprint density at radius 1 is 1.27 bits per heavy atom. The quantitative estimate of drug-likeness (QED) is 0.464. The minimum absolute atomic E-state index is 0.394. The van der Waals surface area contributed by atoms with E-state index in [1.54, 1.807) is 19.2 Å². The van der Waals surface area contributed by atoms with Crippen LogP contribution in [-0.4, -0.2) is 25.3 Å². The number of hydrogen-bond donors (Lipinski definition) is 2. The standard InChI is InChI=1S/C19H17BrN4O2/c1-25-5-6-26-18-9-17-15(8-16(18)22)19(12(10-21)11-23-17)24-14-4-2-3-13(20)7-14/h2-4,7-9,11H,5-6,22H2,1H3,(H,23,24). The van der Waals surface area contributed by atoms with Crippen LogP contribution in [0.15, 0.2) is 47.1 Å². The number of rotatable bonds is 6. The van der Waals surface area contributed by atoms with Crippen LogP contribution in [0.2, 0.25) is 0 Å². The summed E-state index contributed by atoms with van der Waals surface area (Å²) in [6, 6.07) is 13.4. The van der Waals surface area contributed by atoms with Gasteiger partial charge in [0.1, 0.15) is 18.4 Å². The highest BCUT2D eigenvalue weighted by Gasteiger charge is 2.13. The van der Waals surface area contributed by atoms with Gasteiger partial charge in [-0.3, -0.25) is 4.98 Å². The van der Waals surface area contributed by atoms with E-state index in [2.05, 4.69) is 32.3 Å². The molecule has 1 heterocycles. The van der Waals surface area contributed by atoms with Gasteiger partial charge in [0.05, 0.1) is 29.1 Å². The van der Waals surface area contributed by atoms with Gasteiger partial charge >= 0.3 is 0 Å². The van der Waals surface area contributed by atoms with Crippen LogP contribution < -0.4 is 15.8 Å². The monoisotopic (exact) mass is 412 g/mol. The Balaban J connectivity index is 2.05. The number of fused-ring (bicyclic) bond motifs is 1. The molecule has 0 fully saturated rings. The molecule has 0 bridgehead atoms. The fourth-order valence-electron chi connectivity index (χ4n) is 2.53. The van der Waals surface area contributed by atoms with Crippen molar-refractivity contribution in [2.75, 3.05) is 31.4 Å². The van der Waals surface area contributed by atoms with E-state index in [1.165, 1.54) is 6.20 Å². The van der Waals surface area contributed by atoms with Crippen molar-refractivity contribution >= 4 is 43.9 Å². The number of nitrogen functional groups attached to an aromatic ring is 1. The molecule has 6 nitrogen and oxygen atoms in total. The zero-order valence-corrected chi connectivity index (χ0v) is 15.7. The molecule has 26 heavy (non-hydrogen) atoms. The maximum atomic E-state index is 9.47. The van der Waals surface area contributed by atoms with Gasteiger partial charge in [0, 0.05) is 34.9 Å². The average Bonchev–Trinajstić information content (AvgIpc) is 2.63. The van der Waals surface area contributed by atoms with Crippen LogP contribution in [0.4, 0.5) is 17.1 Å². The van der Waals surface area contributed by atoms with Crippen molar-refractivity contribution in [3.8, 4) is 11.8 Å². The Morgan fingerprint density at radius 3 is 2.85 bits per heavy atom. The fraction of sp³-hybridized carbons (Fsp3) is 0.158. The van der Waals surface area contributed by atoms with Gasteiger partial charge in [-0.15, -0.1) is 0 Å². The van der Waals surface area contributed by atoms with Crippen LogP contribution in [-0.2, 0) is 4.74 Å². The molecule has 3 rings (SSSR count). The minimum Gasteiger partial charge on any atom is -0.489 e. The Morgan fingerprint density at radius 2 is 2.12 bits per heavy atom. The predicted molar refractivity (Wildman–Crippen MR) is 106 cm³/mol. The Labute approximate surface area is 159 Å². The van der Waals surface area contributed by atoms with E-state index >= 15 is 0 Å². The number of ether oxygens (including phenoxy) is 2. The van der Waals surface area contributed by atoms with Gasteiger partial charge < -0.3 is 20.5 Å². The van der Waals surface area contributed by atoms with Gasteiger partial charge in [0.15, 0.2) is 0 Å². The lowest BCUT2D eigenvalue weighted by Crippen LogP contribution is -2.06. The van der Waals surface area contributed by atoms with Crippen molar-refractivity contribution in [2.24, 2.45) is 0 Å². The third kappa shape index (κ3) is 3.87. The number of halogens is 1. The van der Waals surface area contributed by atoms with Crippen LogP contribution in [0.1, 0.15) is 5.56 Å². The number of nitriles is 1. The highest BCUT2D eigenvalue weighted by Crippen LogP contribution is 2.34. The highest BCUT2D eigenvalue weighted by molar-refractivity contribution is 9.10. The Hall–Kier alpha value is -2.82. The second-order valence-electron chi connectivity index (χ2n) is 5.54.